The van der Waals surface area contributed by atoms with Crippen LogP contribution in [-0.4, -0.2) is 56.7 Å². The van der Waals surface area contributed by atoms with Gasteiger partial charge in [0, 0.05) is 34.9 Å². The highest BCUT2D eigenvalue weighted by Crippen LogP contribution is 2.31. The van der Waals surface area contributed by atoms with Crippen LogP contribution in [0.3, 0.4) is 0 Å². The molecular formula is C17H24IN5O2. The number of nitrogens with zero attached hydrogens (tertiary/aromatic N) is 4. The summed E-state index contributed by atoms with van der Waals surface area (Å²) in [6.45, 7) is 11.1. The molecule has 0 saturated carbocycles. The van der Waals surface area contributed by atoms with Gasteiger partial charge in [-0.2, -0.15) is 0 Å². The first-order valence-corrected chi connectivity index (χ1v) is 9.49. The molecule has 3 rings (SSSR count). The minimum Gasteiger partial charge on any atom is -0.444 e. The molecule has 0 aromatic carbocycles. The van der Waals surface area contributed by atoms with Crippen molar-refractivity contribution in [3.05, 3.63) is 16.1 Å². The van der Waals surface area contributed by atoms with E-state index in [1.165, 1.54) is 0 Å². The summed E-state index contributed by atoms with van der Waals surface area (Å²) in [5.74, 6) is 0.916. The monoisotopic (exact) mass is 457 g/mol. The number of anilines is 1. The fourth-order valence-electron chi connectivity index (χ4n) is 3.12. The number of hydrogen-bond donors (Lipinski definition) is 1. The lowest BCUT2D eigenvalue weighted by Gasteiger charge is -2.44. The van der Waals surface area contributed by atoms with Gasteiger partial charge in [-0.15, -0.1) is 0 Å². The first-order chi connectivity index (χ1) is 11.7. The second-order valence-corrected chi connectivity index (χ2v) is 8.70. The van der Waals surface area contributed by atoms with Gasteiger partial charge in [0.2, 0.25) is 0 Å². The maximum Gasteiger partial charge on any atom is 0.410 e. The summed E-state index contributed by atoms with van der Waals surface area (Å²) >= 11 is 2.29. The Morgan fingerprint density at radius 1 is 1.28 bits per heavy atom. The van der Waals surface area contributed by atoms with Crippen LogP contribution in [0, 0.1) is 3.57 Å². The minimum absolute atomic E-state index is 0.0349. The van der Waals surface area contributed by atoms with Gasteiger partial charge < -0.3 is 19.5 Å². The van der Waals surface area contributed by atoms with Crippen molar-refractivity contribution in [2.24, 2.45) is 0 Å². The van der Waals surface area contributed by atoms with Crippen molar-refractivity contribution >= 4 is 45.5 Å². The van der Waals surface area contributed by atoms with E-state index in [1.807, 2.05) is 38.8 Å². The zero-order chi connectivity index (χ0) is 18.4. The number of aromatic nitrogens is 3. The van der Waals surface area contributed by atoms with Crippen LogP contribution in [0.5, 0.6) is 0 Å². The number of ether oxygens (including phenoxy) is 1. The van der Waals surface area contributed by atoms with Gasteiger partial charge in [-0.1, -0.05) is 0 Å². The van der Waals surface area contributed by atoms with E-state index in [2.05, 4.69) is 49.4 Å². The van der Waals surface area contributed by atoms with Crippen molar-refractivity contribution in [3.63, 3.8) is 0 Å². The third-order valence-corrected chi connectivity index (χ3v) is 5.14. The third kappa shape index (κ3) is 3.68. The Balaban J connectivity index is 1.85. The fourth-order valence-corrected chi connectivity index (χ4v) is 3.78. The number of amides is 1. The highest BCUT2D eigenvalue weighted by Gasteiger charge is 2.35. The molecule has 1 N–H and O–H groups in total. The molecule has 7 nitrogen and oxygen atoms in total. The molecule has 3 heterocycles. The molecule has 1 aliphatic rings. The number of hydrogen-bond acceptors (Lipinski definition) is 5. The summed E-state index contributed by atoms with van der Waals surface area (Å²) in [6.07, 6.45) is 3.27. The molecule has 2 aromatic rings. The van der Waals surface area contributed by atoms with Gasteiger partial charge in [-0.25, -0.2) is 14.8 Å². The van der Waals surface area contributed by atoms with E-state index in [9.17, 15) is 4.79 Å². The number of halogens is 1. The van der Waals surface area contributed by atoms with Crippen molar-refractivity contribution in [3.8, 4) is 0 Å². The molecule has 2 atom stereocenters. The molecule has 0 bridgehead atoms. The fraction of sp³-hybridized carbons (Fsp3) is 0.588. The Morgan fingerprint density at radius 3 is 2.68 bits per heavy atom. The van der Waals surface area contributed by atoms with Crippen molar-refractivity contribution in [2.45, 2.75) is 52.3 Å². The molecule has 8 heteroatoms. The Morgan fingerprint density at radius 2 is 2.00 bits per heavy atom. The van der Waals surface area contributed by atoms with Crippen LogP contribution in [0.2, 0.25) is 0 Å². The molecule has 25 heavy (non-hydrogen) atoms. The second-order valence-electron chi connectivity index (χ2n) is 7.54. The van der Waals surface area contributed by atoms with Crippen LogP contribution in [0.1, 0.15) is 34.6 Å². The van der Waals surface area contributed by atoms with Crippen LogP contribution < -0.4 is 4.90 Å². The van der Waals surface area contributed by atoms with E-state index in [0.717, 1.165) is 20.4 Å². The number of fused-ring (bicyclic) bond motifs is 1. The number of piperazine rings is 1. The molecule has 2 aromatic heterocycles. The number of rotatable bonds is 1. The molecular weight excluding hydrogens is 433 g/mol. The molecule has 1 fully saturated rings. The normalized spacial score (nSPS) is 21.7. The Hall–Kier alpha value is -1.58. The summed E-state index contributed by atoms with van der Waals surface area (Å²) < 4.78 is 6.65. The standard InChI is InChI=1S/C17H24IN5O2/c1-10-8-23(16(24)25-17(3,4)5)11(2)7-22(10)15-13-12(18)6-19-14(13)20-9-21-15/h6,9-11H,7-8H2,1-5H3,(H,19,20,21). The van der Waals surface area contributed by atoms with Crippen LogP contribution in [-0.2, 0) is 4.74 Å². The zero-order valence-electron chi connectivity index (χ0n) is 15.2. The second kappa shape index (κ2) is 6.62. The van der Waals surface area contributed by atoms with Crippen molar-refractivity contribution in [1.82, 2.24) is 19.9 Å². The van der Waals surface area contributed by atoms with E-state index >= 15 is 0 Å². The molecule has 0 spiro atoms. The number of aromatic amines is 1. The maximum absolute atomic E-state index is 12.5. The molecule has 0 aliphatic carbocycles. The van der Waals surface area contributed by atoms with Crippen molar-refractivity contribution in [1.29, 1.82) is 0 Å². The van der Waals surface area contributed by atoms with Crippen LogP contribution >= 0.6 is 22.6 Å². The summed E-state index contributed by atoms with van der Waals surface area (Å²) in [5, 5.41) is 1.04. The highest BCUT2D eigenvalue weighted by molar-refractivity contribution is 14.1. The molecule has 1 saturated heterocycles. The highest BCUT2D eigenvalue weighted by atomic mass is 127. The van der Waals surface area contributed by atoms with E-state index in [1.54, 1.807) is 6.33 Å². The lowest BCUT2D eigenvalue weighted by atomic mass is 10.1. The lowest BCUT2D eigenvalue weighted by molar-refractivity contribution is 0.0130. The van der Waals surface area contributed by atoms with Crippen LogP contribution in [0.15, 0.2) is 12.5 Å². The quantitative estimate of drug-likeness (QED) is 0.665. The first-order valence-electron chi connectivity index (χ1n) is 8.41. The Kier molecular flexibility index (Phi) is 4.82. The Bertz CT molecular complexity index is 785. The third-order valence-electron chi connectivity index (χ3n) is 4.29. The first kappa shape index (κ1) is 18.2. The Labute approximate surface area is 161 Å². The zero-order valence-corrected chi connectivity index (χ0v) is 17.4. The number of nitrogens with one attached hydrogen (secondary N) is 1. The predicted molar refractivity (Wildman–Crippen MR) is 106 cm³/mol. The number of H-pyrrole nitrogens is 1. The molecule has 136 valence electrons. The van der Waals surface area contributed by atoms with E-state index in [4.69, 9.17) is 4.74 Å². The summed E-state index contributed by atoms with van der Waals surface area (Å²) in [7, 11) is 0. The largest absolute Gasteiger partial charge is 0.444 e. The average molecular weight is 457 g/mol. The maximum atomic E-state index is 12.5. The number of carbonyl (C=O) groups is 1. The molecule has 0 radical (unpaired) electrons. The smallest absolute Gasteiger partial charge is 0.410 e. The van der Waals surface area contributed by atoms with E-state index in [0.29, 0.717) is 13.1 Å². The predicted octanol–water partition coefficient (Wildman–Crippen LogP) is 3.40. The summed E-state index contributed by atoms with van der Waals surface area (Å²) in [5.41, 5.74) is 0.348. The summed E-state index contributed by atoms with van der Waals surface area (Å²) in [6, 6.07) is 0.167. The van der Waals surface area contributed by atoms with Crippen molar-refractivity contribution < 1.29 is 9.53 Å². The van der Waals surface area contributed by atoms with Gasteiger partial charge in [0.15, 0.2) is 0 Å². The minimum atomic E-state index is -0.489. The molecule has 2 unspecified atom stereocenters. The van der Waals surface area contributed by atoms with Gasteiger partial charge in [-0.3, -0.25) is 0 Å². The number of carbonyl (C=O) groups excluding carboxylic acids is 1. The van der Waals surface area contributed by atoms with Gasteiger partial charge >= 0.3 is 6.09 Å². The van der Waals surface area contributed by atoms with E-state index in [-0.39, 0.29) is 18.2 Å². The van der Waals surface area contributed by atoms with Crippen LogP contribution in [0.4, 0.5) is 10.6 Å². The van der Waals surface area contributed by atoms with Crippen molar-refractivity contribution in [2.75, 3.05) is 18.0 Å². The van der Waals surface area contributed by atoms with E-state index < -0.39 is 5.60 Å². The van der Waals surface area contributed by atoms with Gasteiger partial charge in [0.1, 0.15) is 23.4 Å². The SMILES string of the molecule is CC1CN(c2ncnc3[nH]cc(I)c23)C(C)CN1C(=O)OC(C)(C)C. The molecule has 1 amide bonds. The molecule has 1 aliphatic heterocycles. The average Bonchev–Trinajstić information content (AvgIpc) is 2.89. The topological polar surface area (TPSA) is 74.4 Å². The van der Waals surface area contributed by atoms with Gasteiger partial charge in [0.05, 0.1) is 5.39 Å². The van der Waals surface area contributed by atoms with Gasteiger partial charge in [-0.05, 0) is 57.2 Å². The van der Waals surface area contributed by atoms with Crippen LogP contribution in [0.25, 0.3) is 11.0 Å². The lowest BCUT2D eigenvalue weighted by Crippen LogP contribution is -2.59. The summed E-state index contributed by atoms with van der Waals surface area (Å²) in [4.78, 5) is 28.6. The van der Waals surface area contributed by atoms with Gasteiger partial charge in [0.25, 0.3) is 0 Å².